The first-order valence-electron chi connectivity index (χ1n) is 2.80. The molecule has 2 heterocycles. The van der Waals surface area contributed by atoms with E-state index in [0.717, 1.165) is 11.2 Å². The van der Waals surface area contributed by atoms with Gasteiger partial charge in [0.05, 0.1) is 0 Å². The van der Waals surface area contributed by atoms with Gasteiger partial charge in [-0.05, 0) is 17.2 Å². The molecule has 0 radical (unpaired) electrons. The van der Waals surface area contributed by atoms with Gasteiger partial charge in [0.25, 0.3) is 12.0 Å². The molecular formula is C5H5N4S+. The highest BCUT2D eigenvalue weighted by atomic mass is 32.1. The third-order valence-electron chi connectivity index (χ3n) is 1.23. The summed E-state index contributed by atoms with van der Waals surface area (Å²) in [4.78, 5) is 12.6. The number of nitrogens with zero attached hydrogens (tertiary/aromatic N) is 1. The van der Waals surface area contributed by atoms with E-state index in [1.54, 1.807) is 12.5 Å². The molecule has 3 N–H and O–H groups in total. The average molecular weight is 153 g/mol. The van der Waals surface area contributed by atoms with Crippen molar-refractivity contribution < 1.29 is 4.98 Å². The molecule has 0 fully saturated rings. The average Bonchev–Trinajstić information content (AvgIpc) is 2.27. The van der Waals surface area contributed by atoms with Crippen molar-refractivity contribution in [3.8, 4) is 0 Å². The molecule has 0 unspecified atom stereocenters. The van der Waals surface area contributed by atoms with E-state index in [-0.39, 0.29) is 0 Å². The number of hydrogen-bond acceptors (Lipinski definition) is 2. The van der Waals surface area contributed by atoms with E-state index in [4.69, 9.17) is 12.2 Å². The maximum atomic E-state index is 4.85. The second-order valence-electron chi connectivity index (χ2n) is 1.91. The molecule has 0 atom stereocenters. The van der Waals surface area contributed by atoms with Gasteiger partial charge in [0, 0.05) is 0 Å². The Morgan fingerprint density at radius 2 is 2.40 bits per heavy atom. The highest BCUT2D eigenvalue weighted by Gasteiger charge is 1.99. The van der Waals surface area contributed by atoms with Crippen molar-refractivity contribution >= 4 is 23.4 Å². The Morgan fingerprint density at radius 1 is 1.50 bits per heavy atom. The van der Waals surface area contributed by atoms with Gasteiger partial charge in [0.2, 0.25) is 0 Å². The second-order valence-corrected chi connectivity index (χ2v) is 2.32. The molecular weight excluding hydrogens is 148 g/mol. The predicted octanol–water partition coefficient (Wildman–Crippen LogP) is 0.435. The smallest absolute Gasteiger partial charge is 0.286 e. The minimum absolute atomic E-state index is 0.599. The van der Waals surface area contributed by atoms with Crippen LogP contribution in [0.15, 0.2) is 12.5 Å². The Labute approximate surface area is 61.3 Å². The van der Waals surface area contributed by atoms with Crippen LogP contribution in [0.25, 0.3) is 11.2 Å². The number of fused-ring (bicyclic) bond motifs is 1. The van der Waals surface area contributed by atoms with Crippen molar-refractivity contribution in [1.82, 2.24) is 15.0 Å². The highest BCUT2D eigenvalue weighted by molar-refractivity contribution is 7.71. The lowest BCUT2D eigenvalue weighted by Gasteiger charge is -1.73. The zero-order valence-electron chi connectivity index (χ0n) is 5.01. The van der Waals surface area contributed by atoms with E-state index in [1.165, 1.54) is 0 Å². The monoisotopic (exact) mass is 153 g/mol. The molecule has 2 rings (SSSR count). The number of hydrogen-bond donors (Lipinski definition) is 2. The molecule has 4 nitrogen and oxygen atoms in total. The molecule has 0 spiro atoms. The Bertz CT molecular complexity index is 365. The van der Waals surface area contributed by atoms with Crippen LogP contribution in [-0.4, -0.2) is 15.0 Å². The maximum absolute atomic E-state index is 4.85. The lowest BCUT2D eigenvalue weighted by molar-refractivity contribution is -0.380. The Balaban J connectivity index is 3.01. The van der Waals surface area contributed by atoms with Gasteiger partial charge in [-0.1, -0.05) is 0 Å². The molecule has 0 saturated carbocycles. The second kappa shape index (κ2) is 1.88. The van der Waals surface area contributed by atoms with Gasteiger partial charge in [-0.25, -0.2) is 4.98 Å². The summed E-state index contributed by atoms with van der Waals surface area (Å²) in [6, 6.07) is 0. The van der Waals surface area contributed by atoms with Gasteiger partial charge in [-0.3, -0.25) is 4.98 Å². The van der Waals surface area contributed by atoms with E-state index < -0.39 is 0 Å². The number of aromatic amines is 3. The van der Waals surface area contributed by atoms with Crippen LogP contribution in [-0.2, 0) is 0 Å². The zero-order valence-corrected chi connectivity index (χ0v) is 5.83. The predicted molar refractivity (Wildman–Crippen MR) is 37.8 cm³/mol. The van der Waals surface area contributed by atoms with Crippen molar-refractivity contribution in [1.29, 1.82) is 0 Å². The summed E-state index contributed by atoms with van der Waals surface area (Å²) in [5, 5.41) is 0. The van der Waals surface area contributed by atoms with Crippen LogP contribution in [0.4, 0.5) is 0 Å². The molecule has 0 aliphatic carbocycles. The van der Waals surface area contributed by atoms with Crippen LogP contribution in [0.2, 0.25) is 0 Å². The molecule has 5 heteroatoms. The molecule has 0 bridgehead atoms. The van der Waals surface area contributed by atoms with Gasteiger partial charge >= 0.3 is 0 Å². The van der Waals surface area contributed by atoms with Crippen LogP contribution in [0.5, 0.6) is 0 Å². The molecule has 0 aliphatic heterocycles. The summed E-state index contributed by atoms with van der Waals surface area (Å²) in [6.07, 6.45) is 3.40. The van der Waals surface area contributed by atoms with Crippen molar-refractivity contribution in [2.45, 2.75) is 0 Å². The SMILES string of the molecule is S=c1[nH]c2c[nH+]cnc2[nH]1. The summed E-state index contributed by atoms with van der Waals surface area (Å²) >= 11 is 4.85. The number of imidazole rings is 1. The molecule has 2 aromatic heterocycles. The van der Waals surface area contributed by atoms with Gasteiger partial charge in [-0.15, -0.1) is 0 Å². The first-order valence-corrected chi connectivity index (χ1v) is 3.21. The number of aromatic nitrogens is 4. The van der Waals surface area contributed by atoms with Crippen LogP contribution in [0.3, 0.4) is 0 Å². The quantitative estimate of drug-likeness (QED) is 0.539. The fourth-order valence-electron chi connectivity index (χ4n) is 0.816. The fourth-order valence-corrected chi connectivity index (χ4v) is 1.02. The molecule has 2 aromatic rings. The third-order valence-corrected chi connectivity index (χ3v) is 1.44. The summed E-state index contributed by atoms with van der Waals surface area (Å²) in [5.74, 6) is 0. The van der Waals surface area contributed by atoms with Gasteiger partial charge in [-0.2, -0.15) is 0 Å². The zero-order chi connectivity index (χ0) is 6.97. The number of nitrogens with one attached hydrogen (secondary N) is 3. The molecule has 50 valence electrons. The topological polar surface area (TPSA) is 58.6 Å². The maximum Gasteiger partial charge on any atom is 0.286 e. The van der Waals surface area contributed by atoms with Crippen molar-refractivity contribution in [3.63, 3.8) is 0 Å². The Kier molecular flexibility index (Phi) is 1.04. The van der Waals surface area contributed by atoms with Gasteiger partial charge in [0.1, 0.15) is 6.20 Å². The minimum Gasteiger partial charge on any atom is -0.324 e. The summed E-state index contributed by atoms with van der Waals surface area (Å²) in [7, 11) is 0. The molecule has 0 amide bonds. The standard InChI is InChI=1S/C5H4N4S/c10-5-8-3-1-6-2-7-4(3)9-5/h1-2H,(H2,6,7,8,9,10)/p+1. The Hall–Kier alpha value is -1.23. The lowest BCUT2D eigenvalue weighted by Crippen LogP contribution is -1.99. The fraction of sp³-hybridized carbons (Fsp3) is 0. The molecule has 0 aromatic carbocycles. The van der Waals surface area contributed by atoms with E-state index in [1.807, 2.05) is 0 Å². The summed E-state index contributed by atoms with van der Waals surface area (Å²) < 4.78 is 0.599. The number of rotatable bonds is 0. The summed E-state index contributed by atoms with van der Waals surface area (Å²) in [5.41, 5.74) is 1.68. The third kappa shape index (κ3) is 0.714. The first-order chi connectivity index (χ1) is 4.86. The molecule has 0 aliphatic rings. The normalized spacial score (nSPS) is 10.4. The molecule has 10 heavy (non-hydrogen) atoms. The van der Waals surface area contributed by atoms with E-state index >= 15 is 0 Å². The molecule has 0 saturated heterocycles. The minimum atomic E-state index is 0.599. The van der Waals surface area contributed by atoms with Crippen LogP contribution >= 0.6 is 12.2 Å². The van der Waals surface area contributed by atoms with Crippen LogP contribution in [0.1, 0.15) is 0 Å². The summed E-state index contributed by atoms with van der Waals surface area (Å²) in [6.45, 7) is 0. The largest absolute Gasteiger partial charge is 0.324 e. The van der Waals surface area contributed by atoms with E-state index in [2.05, 4.69) is 19.9 Å². The highest BCUT2D eigenvalue weighted by Crippen LogP contribution is 1.99. The van der Waals surface area contributed by atoms with E-state index in [0.29, 0.717) is 4.77 Å². The van der Waals surface area contributed by atoms with Crippen molar-refractivity contribution in [3.05, 3.63) is 17.3 Å². The Morgan fingerprint density at radius 3 is 3.20 bits per heavy atom. The lowest BCUT2D eigenvalue weighted by atomic mass is 10.6. The van der Waals surface area contributed by atoms with Crippen molar-refractivity contribution in [2.24, 2.45) is 0 Å². The van der Waals surface area contributed by atoms with Crippen LogP contribution in [0, 0.1) is 4.77 Å². The van der Waals surface area contributed by atoms with E-state index in [9.17, 15) is 0 Å². The van der Waals surface area contributed by atoms with Gasteiger partial charge < -0.3 is 4.98 Å². The van der Waals surface area contributed by atoms with Crippen molar-refractivity contribution in [2.75, 3.05) is 0 Å². The van der Waals surface area contributed by atoms with Crippen LogP contribution < -0.4 is 4.98 Å². The van der Waals surface area contributed by atoms with Gasteiger partial charge in [0.15, 0.2) is 10.3 Å². The number of H-pyrrole nitrogens is 3. The first kappa shape index (κ1) is 5.55.